The second-order valence-electron chi connectivity index (χ2n) is 4.57. The van der Waals surface area contributed by atoms with Crippen LogP contribution in [-0.2, 0) is 16.1 Å². The van der Waals surface area contributed by atoms with Gasteiger partial charge in [0, 0.05) is 12.1 Å². The predicted octanol–water partition coefficient (Wildman–Crippen LogP) is 3.46. The number of ether oxygens (including phenoxy) is 3. The molecule has 0 spiro atoms. The van der Waals surface area contributed by atoms with Crippen LogP contribution in [0.5, 0.6) is 11.5 Å². The number of benzene rings is 2. The normalized spacial score (nSPS) is 10.5. The molecule has 0 saturated carbocycles. The summed E-state index contributed by atoms with van der Waals surface area (Å²) < 4.78 is 15.5. The molecule has 0 radical (unpaired) electrons. The zero-order chi connectivity index (χ0) is 15.8. The first-order valence-corrected chi connectivity index (χ1v) is 6.83. The monoisotopic (exact) mass is 298 g/mol. The number of carbonyl (C=O) groups excluding carboxylic acids is 1. The average molecular weight is 298 g/mol. The van der Waals surface area contributed by atoms with Crippen molar-refractivity contribution in [2.75, 3.05) is 14.2 Å². The summed E-state index contributed by atoms with van der Waals surface area (Å²) >= 11 is 0. The molecule has 0 bridgehead atoms. The SMILES string of the molecule is COc1cc(/C=C/C(=O)OCc2ccccc2)cc(OC)c1. The van der Waals surface area contributed by atoms with Crippen LogP contribution in [0.15, 0.2) is 54.6 Å². The van der Waals surface area contributed by atoms with Crippen molar-refractivity contribution < 1.29 is 19.0 Å². The Bertz CT molecular complexity index is 625. The number of methoxy groups -OCH3 is 2. The minimum absolute atomic E-state index is 0.255. The van der Waals surface area contributed by atoms with Crippen LogP contribution in [0, 0.1) is 0 Å². The van der Waals surface area contributed by atoms with E-state index in [-0.39, 0.29) is 6.61 Å². The van der Waals surface area contributed by atoms with Gasteiger partial charge in [-0.25, -0.2) is 4.79 Å². The van der Waals surface area contributed by atoms with Gasteiger partial charge in [0.2, 0.25) is 0 Å². The molecule has 114 valence electrons. The molecule has 0 aliphatic heterocycles. The molecule has 0 N–H and O–H groups in total. The molecule has 2 aromatic rings. The Kier molecular flexibility index (Phi) is 5.60. The van der Waals surface area contributed by atoms with Gasteiger partial charge >= 0.3 is 5.97 Å². The van der Waals surface area contributed by atoms with Crippen LogP contribution >= 0.6 is 0 Å². The molecule has 0 aliphatic carbocycles. The van der Waals surface area contributed by atoms with Gasteiger partial charge in [0.25, 0.3) is 0 Å². The zero-order valence-electron chi connectivity index (χ0n) is 12.6. The Morgan fingerprint density at radius 3 is 2.23 bits per heavy atom. The van der Waals surface area contributed by atoms with E-state index in [0.29, 0.717) is 11.5 Å². The summed E-state index contributed by atoms with van der Waals surface area (Å²) in [5.41, 5.74) is 1.75. The first-order chi connectivity index (χ1) is 10.7. The Balaban J connectivity index is 1.97. The van der Waals surface area contributed by atoms with E-state index in [4.69, 9.17) is 14.2 Å². The fourth-order valence-corrected chi connectivity index (χ4v) is 1.87. The first-order valence-electron chi connectivity index (χ1n) is 6.83. The molecular weight excluding hydrogens is 280 g/mol. The van der Waals surface area contributed by atoms with Crippen molar-refractivity contribution in [2.24, 2.45) is 0 Å². The van der Waals surface area contributed by atoms with Crippen molar-refractivity contribution in [1.82, 2.24) is 0 Å². The van der Waals surface area contributed by atoms with Gasteiger partial charge in [0.15, 0.2) is 0 Å². The summed E-state index contributed by atoms with van der Waals surface area (Å²) in [5, 5.41) is 0. The van der Waals surface area contributed by atoms with Crippen LogP contribution in [-0.4, -0.2) is 20.2 Å². The Hall–Kier alpha value is -2.75. The number of hydrogen-bond acceptors (Lipinski definition) is 4. The third-order valence-electron chi connectivity index (χ3n) is 3.01. The van der Waals surface area contributed by atoms with E-state index in [9.17, 15) is 4.79 Å². The van der Waals surface area contributed by atoms with Crippen LogP contribution < -0.4 is 9.47 Å². The Morgan fingerprint density at radius 2 is 1.64 bits per heavy atom. The Labute approximate surface area is 129 Å². The van der Waals surface area contributed by atoms with E-state index in [2.05, 4.69) is 0 Å². The maximum atomic E-state index is 11.7. The van der Waals surface area contributed by atoms with Crippen molar-refractivity contribution in [3.05, 3.63) is 65.7 Å². The summed E-state index contributed by atoms with van der Waals surface area (Å²) in [7, 11) is 3.16. The molecule has 0 unspecified atom stereocenters. The first kappa shape index (κ1) is 15.6. The standard InChI is InChI=1S/C18H18O4/c1-20-16-10-15(11-17(12-16)21-2)8-9-18(19)22-13-14-6-4-3-5-7-14/h3-12H,13H2,1-2H3/b9-8+. The smallest absolute Gasteiger partial charge is 0.331 e. The lowest BCUT2D eigenvalue weighted by Gasteiger charge is -2.06. The highest BCUT2D eigenvalue weighted by Crippen LogP contribution is 2.23. The molecule has 2 aromatic carbocycles. The zero-order valence-corrected chi connectivity index (χ0v) is 12.6. The van der Waals surface area contributed by atoms with Crippen molar-refractivity contribution in [3.8, 4) is 11.5 Å². The van der Waals surface area contributed by atoms with E-state index in [0.717, 1.165) is 11.1 Å². The van der Waals surface area contributed by atoms with Crippen molar-refractivity contribution in [1.29, 1.82) is 0 Å². The highest BCUT2D eigenvalue weighted by molar-refractivity contribution is 5.87. The average Bonchev–Trinajstić information content (AvgIpc) is 2.58. The maximum absolute atomic E-state index is 11.7. The van der Waals surface area contributed by atoms with E-state index >= 15 is 0 Å². The van der Waals surface area contributed by atoms with E-state index in [1.54, 1.807) is 26.4 Å². The molecule has 0 aromatic heterocycles. The van der Waals surface area contributed by atoms with Crippen LogP contribution in [0.2, 0.25) is 0 Å². The van der Waals surface area contributed by atoms with Gasteiger partial charge in [-0.2, -0.15) is 0 Å². The highest BCUT2D eigenvalue weighted by atomic mass is 16.5. The molecule has 0 heterocycles. The third kappa shape index (κ3) is 4.66. The second-order valence-corrected chi connectivity index (χ2v) is 4.57. The summed E-state index contributed by atoms with van der Waals surface area (Å²) in [5.74, 6) is 0.930. The summed E-state index contributed by atoms with van der Waals surface area (Å²) in [4.78, 5) is 11.7. The third-order valence-corrected chi connectivity index (χ3v) is 3.01. The predicted molar refractivity (Wildman–Crippen MR) is 84.8 cm³/mol. The van der Waals surface area contributed by atoms with Crippen LogP contribution in [0.3, 0.4) is 0 Å². The molecule has 4 heteroatoms. The lowest BCUT2D eigenvalue weighted by molar-refractivity contribution is -0.138. The van der Waals surface area contributed by atoms with E-state index < -0.39 is 5.97 Å². The van der Waals surface area contributed by atoms with Gasteiger partial charge in [-0.1, -0.05) is 30.3 Å². The fraction of sp³-hybridized carbons (Fsp3) is 0.167. The van der Waals surface area contributed by atoms with Crippen molar-refractivity contribution in [2.45, 2.75) is 6.61 Å². The number of esters is 1. The van der Waals surface area contributed by atoms with Crippen LogP contribution in [0.4, 0.5) is 0 Å². The molecular formula is C18H18O4. The van der Waals surface area contributed by atoms with Gasteiger partial charge in [0.1, 0.15) is 18.1 Å². The molecule has 0 aliphatic rings. The molecule has 22 heavy (non-hydrogen) atoms. The minimum atomic E-state index is -0.398. The quantitative estimate of drug-likeness (QED) is 0.605. The highest BCUT2D eigenvalue weighted by Gasteiger charge is 2.01. The number of rotatable bonds is 6. The number of carbonyl (C=O) groups is 1. The molecule has 0 atom stereocenters. The van der Waals surface area contributed by atoms with E-state index in [1.165, 1.54) is 6.08 Å². The molecule has 0 fully saturated rings. The van der Waals surface area contributed by atoms with Crippen LogP contribution in [0.1, 0.15) is 11.1 Å². The fourth-order valence-electron chi connectivity index (χ4n) is 1.87. The minimum Gasteiger partial charge on any atom is -0.497 e. The topological polar surface area (TPSA) is 44.8 Å². The molecule has 2 rings (SSSR count). The molecule has 0 amide bonds. The largest absolute Gasteiger partial charge is 0.497 e. The summed E-state index contributed by atoms with van der Waals surface area (Å²) in [6.45, 7) is 0.255. The van der Waals surface area contributed by atoms with Gasteiger partial charge in [-0.05, 0) is 29.3 Å². The summed E-state index contributed by atoms with van der Waals surface area (Å²) in [6.07, 6.45) is 3.05. The van der Waals surface area contributed by atoms with Gasteiger partial charge < -0.3 is 14.2 Å². The lowest BCUT2D eigenvalue weighted by Crippen LogP contribution is -2.00. The molecule has 0 saturated heterocycles. The number of hydrogen-bond donors (Lipinski definition) is 0. The lowest BCUT2D eigenvalue weighted by atomic mass is 10.2. The van der Waals surface area contributed by atoms with Gasteiger partial charge in [0.05, 0.1) is 14.2 Å². The molecule has 4 nitrogen and oxygen atoms in total. The van der Waals surface area contributed by atoms with Crippen LogP contribution in [0.25, 0.3) is 6.08 Å². The van der Waals surface area contributed by atoms with Gasteiger partial charge in [-0.3, -0.25) is 0 Å². The maximum Gasteiger partial charge on any atom is 0.331 e. The second kappa shape index (κ2) is 7.88. The van der Waals surface area contributed by atoms with Crippen molar-refractivity contribution in [3.63, 3.8) is 0 Å². The Morgan fingerprint density at radius 1 is 1.00 bits per heavy atom. The van der Waals surface area contributed by atoms with E-state index in [1.807, 2.05) is 42.5 Å². The summed E-state index contributed by atoms with van der Waals surface area (Å²) in [6, 6.07) is 14.9. The van der Waals surface area contributed by atoms with Crippen molar-refractivity contribution >= 4 is 12.0 Å². The van der Waals surface area contributed by atoms with Gasteiger partial charge in [-0.15, -0.1) is 0 Å².